The molecule has 1 unspecified atom stereocenters. The maximum Gasteiger partial charge on any atom is 0.319 e. The third kappa shape index (κ3) is 5.12. The molecule has 0 radical (unpaired) electrons. The summed E-state index contributed by atoms with van der Waals surface area (Å²) >= 11 is 0. The molecular weight excluding hydrogens is 576 g/mol. The molecule has 2 aromatic heterocycles. The number of benzene rings is 2. The van der Waals surface area contributed by atoms with Gasteiger partial charge in [0.2, 0.25) is 0 Å². The second-order valence-corrected chi connectivity index (χ2v) is 12.8. The van der Waals surface area contributed by atoms with Gasteiger partial charge in [0, 0.05) is 47.8 Å². The van der Waals surface area contributed by atoms with E-state index >= 15 is 4.39 Å². The largest absolute Gasteiger partial charge is 0.508 e. The lowest BCUT2D eigenvalue weighted by molar-refractivity contribution is 0.0133. The number of ether oxygens (including phenoxy) is 2. The van der Waals surface area contributed by atoms with Crippen molar-refractivity contribution in [3.63, 3.8) is 0 Å². The molecule has 4 heterocycles. The standard InChI is InChI=1S/C35H37F2N5O3/c1-4-24-27(36)9-8-22-17-23(43)18-25(29(22)24)31-30(37)32-26(19-38-31)33(42-14-16-44-15-10-21(42)2)40-34(39-32)45-20-35-11-5-7-28(35)41(3)13-6-12-35/h1,8-9,17-19,21,28,43H,5-7,10-16,20H2,2-3H3/t21?,28-,35-/m1/s1. The highest BCUT2D eigenvalue weighted by Gasteiger charge is 2.47. The van der Waals surface area contributed by atoms with Crippen molar-refractivity contribution in [3.05, 3.63) is 47.7 Å². The lowest BCUT2D eigenvalue weighted by Gasteiger charge is -2.44. The molecule has 1 saturated carbocycles. The second kappa shape index (κ2) is 11.7. The van der Waals surface area contributed by atoms with Crippen LogP contribution in [0.2, 0.25) is 0 Å². The maximum absolute atomic E-state index is 16.8. The minimum Gasteiger partial charge on any atom is -0.508 e. The van der Waals surface area contributed by atoms with Gasteiger partial charge >= 0.3 is 6.01 Å². The monoisotopic (exact) mass is 613 g/mol. The maximum atomic E-state index is 16.8. The number of terminal acetylenes is 1. The predicted octanol–water partition coefficient (Wildman–Crippen LogP) is 6.07. The first-order valence-electron chi connectivity index (χ1n) is 15.8. The molecule has 7 rings (SSSR count). The number of hydrogen-bond donors (Lipinski definition) is 1. The summed E-state index contributed by atoms with van der Waals surface area (Å²) in [5, 5.41) is 11.7. The van der Waals surface area contributed by atoms with Crippen molar-refractivity contribution in [2.75, 3.05) is 44.9 Å². The van der Waals surface area contributed by atoms with Crippen LogP contribution >= 0.6 is 0 Å². The number of rotatable bonds is 5. The summed E-state index contributed by atoms with van der Waals surface area (Å²) < 4.78 is 43.8. The van der Waals surface area contributed by atoms with E-state index < -0.39 is 11.6 Å². The van der Waals surface area contributed by atoms with Crippen molar-refractivity contribution < 1.29 is 23.4 Å². The Labute approximate surface area is 261 Å². The van der Waals surface area contributed by atoms with E-state index in [1.807, 2.05) is 0 Å². The van der Waals surface area contributed by atoms with Gasteiger partial charge in [-0.3, -0.25) is 4.98 Å². The van der Waals surface area contributed by atoms with Gasteiger partial charge in [-0.25, -0.2) is 8.78 Å². The summed E-state index contributed by atoms with van der Waals surface area (Å²) in [4.78, 5) is 18.6. The molecule has 3 atom stereocenters. The number of likely N-dealkylation sites (tertiary alicyclic amines) is 1. The van der Waals surface area contributed by atoms with Gasteiger partial charge in [0.15, 0.2) is 5.82 Å². The van der Waals surface area contributed by atoms with E-state index in [0.717, 1.165) is 45.1 Å². The van der Waals surface area contributed by atoms with Crippen LogP contribution in [0.3, 0.4) is 0 Å². The first-order valence-corrected chi connectivity index (χ1v) is 15.8. The van der Waals surface area contributed by atoms with Gasteiger partial charge in [-0.05, 0) is 76.2 Å². The minimum absolute atomic E-state index is 0.00728. The van der Waals surface area contributed by atoms with Crippen LogP contribution in [0.25, 0.3) is 32.9 Å². The number of fused-ring (bicyclic) bond motifs is 3. The van der Waals surface area contributed by atoms with Crippen LogP contribution in [-0.4, -0.2) is 77.0 Å². The number of piperidine rings is 1. The molecule has 0 bridgehead atoms. The van der Waals surface area contributed by atoms with E-state index in [-0.39, 0.29) is 50.9 Å². The third-order valence-electron chi connectivity index (χ3n) is 10.1. The van der Waals surface area contributed by atoms with Crippen LogP contribution in [0.15, 0.2) is 30.5 Å². The number of phenolic OH excluding ortho intramolecular Hbond substituents is 1. The normalized spacial score (nSPS) is 24.0. The molecular formula is C35H37F2N5O3. The summed E-state index contributed by atoms with van der Waals surface area (Å²) in [7, 11) is 2.18. The Hall–Kier alpha value is -4.07. The third-order valence-corrected chi connectivity index (χ3v) is 10.1. The number of halogens is 2. The SMILES string of the molecule is C#Cc1c(F)ccc2cc(O)cc(-c3ncc4c(N5CCOCCC5C)nc(OC[C@]56CCC[C@H]5N(C)CCC6)nc4c3F)c12. The van der Waals surface area contributed by atoms with Crippen LogP contribution in [-0.2, 0) is 4.74 Å². The molecule has 2 aromatic carbocycles. The van der Waals surface area contributed by atoms with Crippen molar-refractivity contribution in [1.82, 2.24) is 19.9 Å². The summed E-state index contributed by atoms with van der Waals surface area (Å²) in [5.74, 6) is 1.45. The van der Waals surface area contributed by atoms with Gasteiger partial charge in [0.25, 0.3) is 0 Å². The Kier molecular flexibility index (Phi) is 7.70. The second-order valence-electron chi connectivity index (χ2n) is 12.8. The highest BCUT2D eigenvalue weighted by molar-refractivity contribution is 6.03. The van der Waals surface area contributed by atoms with E-state index in [4.69, 9.17) is 20.9 Å². The van der Waals surface area contributed by atoms with E-state index in [1.54, 1.807) is 0 Å². The predicted molar refractivity (Wildman–Crippen MR) is 169 cm³/mol. The molecule has 3 aliphatic rings. The van der Waals surface area contributed by atoms with Gasteiger partial charge in [0.05, 0.1) is 24.2 Å². The molecule has 0 amide bonds. The fourth-order valence-corrected chi connectivity index (χ4v) is 7.84. The quantitative estimate of drug-likeness (QED) is 0.272. The molecule has 0 spiro atoms. The average Bonchev–Trinajstić information content (AvgIpc) is 3.36. The van der Waals surface area contributed by atoms with E-state index in [1.165, 1.54) is 30.5 Å². The van der Waals surface area contributed by atoms with Gasteiger partial charge in [0.1, 0.15) is 28.6 Å². The van der Waals surface area contributed by atoms with E-state index in [0.29, 0.717) is 49.0 Å². The molecule has 2 aliphatic heterocycles. The number of aromatic nitrogens is 3. The Morgan fingerprint density at radius 2 is 1.98 bits per heavy atom. The van der Waals surface area contributed by atoms with Crippen molar-refractivity contribution in [2.45, 2.75) is 57.5 Å². The molecule has 3 fully saturated rings. The number of phenols is 1. The van der Waals surface area contributed by atoms with Crippen LogP contribution in [0, 0.1) is 29.4 Å². The number of nitrogens with zero attached hydrogens (tertiary/aromatic N) is 5. The highest BCUT2D eigenvalue weighted by atomic mass is 19.1. The smallest absolute Gasteiger partial charge is 0.319 e. The minimum atomic E-state index is -0.729. The molecule has 8 nitrogen and oxygen atoms in total. The zero-order valence-electron chi connectivity index (χ0n) is 25.7. The molecule has 45 heavy (non-hydrogen) atoms. The van der Waals surface area contributed by atoms with Crippen molar-refractivity contribution in [1.29, 1.82) is 0 Å². The summed E-state index contributed by atoms with van der Waals surface area (Å²) in [5.41, 5.74) is 0.0877. The van der Waals surface area contributed by atoms with Crippen LogP contribution < -0.4 is 9.64 Å². The number of anilines is 1. The summed E-state index contributed by atoms with van der Waals surface area (Å²) in [6.45, 7) is 5.32. The molecule has 1 aliphatic carbocycles. The molecule has 4 aromatic rings. The summed E-state index contributed by atoms with van der Waals surface area (Å²) in [6.07, 6.45) is 13.6. The number of aromatic hydroxyl groups is 1. The number of pyridine rings is 1. The van der Waals surface area contributed by atoms with E-state index in [9.17, 15) is 9.50 Å². The van der Waals surface area contributed by atoms with Crippen molar-refractivity contribution >= 4 is 27.5 Å². The first kappa shape index (κ1) is 29.6. The Morgan fingerprint density at radius 1 is 1.13 bits per heavy atom. The first-order chi connectivity index (χ1) is 21.8. The highest BCUT2D eigenvalue weighted by Crippen LogP contribution is 2.47. The Balaban J connectivity index is 1.39. The van der Waals surface area contributed by atoms with Gasteiger partial charge in [-0.2, -0.15) is 9.97 Å². The topological polar surface area (TPSA) is 83.8 Å². The van der Waals surface area contributed by atoms with Crippen LogP contribution in [0.5, 0.6) is 11.8 Å². The Morgan fingerprint density at radius 3 is 2.82 bits per heavy atom. The zero-order valence-corrected chi connectivity index (χ0v) is 25.7. The Bertz CT molecular complexity index is 1830. The number of hydrogen-bond acceptors (Lipinski definition) is 8. The summed E-state index contributed by atoms with van der Waals surface area (Å²) in [6, 6.07) is 6.17. The van der Waals surface area contributed by atoms with Crippen LogP contribution in [0.1, 0.15) is 51.0 Å². The fraction of sp³-hybridized carbons (Fsp3) is 0.457. The zero-order chi connectivity index (χ0) is 31.3. The van der Waals surface area contributed by atoms with Crippen molar-refractivity contribution in [2.24, 2.45) is 5.41 Å². The molecule has 10 heteroatoms. The van der Waals surface area contributed by atoms with Crippen molar-refractivity contribution in [3.8, 4) is 35.4 Å². The molecule has 1 N–H and O–H groups in total. The molecule has 2 saturated heterocycles. The average molecular weight is 614 g/mol. The van der Waals surface area contributed by atoms with E-state index in [2.05, 4.69) is 39.7 Å². The fourth-order valence-electron chi connectivity index (χ4n) is 7.84. The van der Waals surface area contributed by atoms with Gasteiger partial charge in [-0.1, -0.05) is 18.4 Å². The van der Waals surface area contributed by atoms with Crippen LogP contribution in [0.4, 0.5) is 14.6 Å². The van der Waals surface area contributed by atoms with Gasteiger partial charge < -0.3 is 24.4 Å². The lowest BCUT2D eigenvalue weighted by atomic mass is 9.76. The molecule has 234 valence electrons. The lowest BCUT2D eigenvalue weighted by Crippen LogP contribution is -2.50. The van der Waals surface area contributed by atoms with Gasteiger partial charge in [-0.15, -0.1) is 6.42 Å².